The largest absolute Gasteiger partial charge is 0.355 e. The third kappa shape index (κ3) is 4.15. The summed E-state index contributed by atoms with van der Waals surface area (Å²) in [7, 11) is 0. The molecule has 1 unspecified atom stereocenters. The Hall–Kier alpha value is -2.02. The summed E-state index contributed by atoms with van der Waals surface area (Å²) in [5.74, 6) is 0.899. The maximum absolute atomic E-state index is 12.5. The third-order valence-corrected chi connectivity index (χ3v) is 5.82. The first-order chi connectivity index (χ1) is 12.1. The second kappa shape index (κ2) is 7.91. The van der Waals surface area contributed by atoms with Crippen molar-refractivity contribution in [1.82, 2.24) is 15.5 Å². The highest BCUT2D eigenvalue weighted by Crippen LogP contribution is 2.33. The molecule has 2 fully saturated rings. The number of thioether (sulfide) groups is 1. The van der Waals surface area contributed by atoms with Crippen LogP contribution in [-0.4, -0.2) is 52.9 Å². The molecule has 0 saturated carbocycles. The second-order valence-electron chi connectivity index (χ2n) is 6.50. The zero-order valence-corrected chi connectivity index (χ0v) is 14.9. The summed E-state index contributed by atoms with van der Waals surface area (Å²) in [5, 5.41) is 5.56. The molecule has 2 aliphatic heterocycles. The minimum atomic E-state index is -0.780. The summed E-state index contributed by atoms with van der Waals surface area (Å²) in [4.78, 5) is 37.6. The van der Waals surface area contributed by atoms with Gasteiger partial charge in [-0.15, -0.1) is 0 Å². The molecule has 1 spiro atoms. The van der Waals surface area contributed by atoms with Crippen molar-refractivity contribution >= 4 is 29.6 Å². The molecule has 1 aromatic rings. The number of urea groups is 1. The molecule has 2 heterocycles. The van der Waals surface area contributed by atoms with Crippen LogP contribution in [0, 0.1) is 0 Å². The first-order valence-corrected chi connectivity index (χ1v) is 9.79. The number of amides is 4. The fraction of sp³-hybridized carbons (Fsp3) is 0.500. The van der Waals surface area contributed by atoms with Crippen LogP contribution in [0.3, 0.4) is 0 Å². The van der Waals surface area contributed by atoms with E-state index in [4.69, 9.17) is 0 Å². The van der Waals surface area contributed by atoms with Gasteiger partial charge in [0, 0.05) is 12.3 Å². The number of nitrogens with one attached hydrogen (secondary N) is 2. The van der Waals surface area contributed by atoms with Crippen molar-refractivity contribution < 1.29 is 14.4 Å². The third-order valence-electron chi connectivity index (χ3n) is 4.63. The van der Waals surface area contributed by atoms with Crippen molar-refractivity contribution in [3.63, 3.8) is 0 Å². The minimum Gasteiger partial charge on any atom is -0.355 e. The van der Waals surface area contributed by atoms with E-state index in [2.05, 4.69) is 22.8 Å². The highest BCUT2D eigenvalue weighted by molar-refractivity contribution is 7.99. The minimum absolute atomic E-state index is 0.199. The maximum atomic E-state index is 12.5. The number of unbranched alkanes of at least 4 members (excludes halogenated alkanes) is 1. The summed E-state index contributed by atoms with van der Waals surface area (Å²) in [6.07, 6.45) is 3.46. The Labute approximate surface area is 151 Å². The number of benzene rings is 1. The predicted molar refractivity (Wildman–Crippen MR) is 97.3 cm³/mol. The molecule has 4 amide bonds. The van der Waals surface area contributed by atoms with Gasteiger partial charge in [0.1, 0.15) is 12.1 Å². The standard InChI is InChI=1S/C18H23N3O3S/c22-15(19-10-5-4-8-14-6-2-1-3-7-14)12-21-16(23)18(20-17(21)24)9-11-25-13-18/h1-3,6-7H,4-5,8-13H2,(H,19,22)(H,20,24). The molecule has 1 atom stereocenters. The SMILES string of the molecule is O=C(CN1C(=O)NC2(CCSC2)C1=O)NCCCCc1ccccc1. The Bertz CT molecular complexity index is 644. The number of hydrogen-bond donors (Lipinski definition) is 2. The van der Waals surface area contributed by atoms with Crippen molar-refractivity contribution in [2.45, 2.75) is 31.2 Å². The van der Waals surface area contributed by atoms with Gasteiger partial charge in [0.15, 0.2) is 0 Å². The number of aryl methyl sites for hydroxylation is 1. The molecule has 2 N–H and O–H groups in total. The topological polar surface area (TPSA) is 78.5 Å². The van der Waals surface area contributed by atoms with E-state index < -0.39 is 11.6 Å². The molecule has 2 saturated heterocycles. The Morgan fingerprint density at radius 1 is 1.24 bits per heavy atom. The summed E-state index contributed by atoms with van der Waals surface area (Å²) < 4.78 is 0. The zero-order valence-electron chi connectivity index (χ0n) is 14.1. The lowest BCUT2D eigenvalue weighted by Crippen LogP contribution is -2.47. The highest BCUT2D eigenvalue weighted by Gasteiger charge is 2.53. The van der Waals surface area contributed by atoms with E-state index in [9.17, 15) is 14.4 Å². The Kier molecular flexibility index (Phi) is 5.63. The molecule has 0 radical (unpaired) electrons. The average Bonchev–Trinajstić information content (AvgIpc) is 3.17. The van der Waals surface area contributed by atoms with E-state index in [1.165, 1.54) is 5.56 Å². The van der Waals surface area contributed by atoms with Gasteiger partial charge in [-0.2, -0.15) is 11.8 Å². The lowest BCUT2D eigenvalue weighted by Gasteiger charge is -2.19. The van der Waals surface area contributed by atoms with E-state index in [1.54, 1.807) is 11.8 Å². The van der Waals surface area contributed by atoms with Crippen LogP contribution in [0.5, 0.6) is 0 Å². The predicted octanol–water partition coefficient (Wildman–Crippen LogP) is 1.55. The molecule has 1 aromatic carbocycles. The Morgan fingerprint density at radius 2 is 2.04 bits per heavy atom. The monoisotopic (exact) mass is 361 g/mol. The van der Waals surface area contributed by atoms with E-state index in [1.807, 2.05) is 18.2 Å². The van der Waals surface area contributed by atoms with Crippen LogP contribution in [0.4, 0.5) is 4.79 Å². The first kappa shape index (κ1) is 17.8. The van der Waals surface area contributed by atoms with E-state index in [-0.39, 0.29) is 18.4 Å². The van der Waals surface area contributed by atoms with Gasteiger partial charge in [0.25, 0.3) is 5.91 Å². The average molecular weight is 361 g/mol. The number of rotatable bonds is 7. The zero-order chi connectivity index (χ0) is 17.7. The maximum Gasteiger partial charge on any atom is 0.325 e. The smallest absolute Gasteiger partial charge is 0.325 e. The fourth-order valence-corrected chi connectivity index (χ4v) is 4.50. The van der Waals surface area contributed by atoms with Gasteiger partial charge in [0.05, 0.1) is 0 Å². The summed E-state index contributed by atoms with van der Waals surface area (Å²) in [5.41, 5.74) is 0.505. The summed E-state index contributed by atoms with van der Waals surface area (Å²) in [6, 6.07) is 9.76. The van der Waals surface area contributed by atoms with Gasteiger partial charge in [-0.25, -0.2) is 4.79 Å². The van der Waals surface area contributed by atoms with Gasteiger partial charge in [0.2, 0.25) is 5.91 Å². The molecular weight excluding hydrogens is 338 g/mol. The van der Waals surface area contributed by atoms with Crippen molar-refractivity contribution in [3.8, 4) is 0 Å². The molecule has 25 heavy (non-hydrogen) atoms. The number of hydrogen-bond acceptors (Lipinski definition) is 4. The lowest BCUT2D eigenvalue weighted by molar-refractivity contribution is -0.134. The van der Waals surface area contributed by atoms with Crippen LogP contribution in [0.25, 0.3) is 0 Å². The number of carbonyl (C=O) groups excluding carboxylic acids is 3. The van der Waals surface area contributed by atoms with Crippen LogP contribution in [-0.2, 0) is 16.0 Å². The molecule has 0 aromatic heterocycles. The fourth-order valence-electron chi connectivity index (χ4n) is 3.18. The van der Waals surface area contributed by atoms with Gasteiger partial charge < -0.3 is 10.6 Å². The van der Waals surface area contributed by atoms with Crippen molar-refractivity contribution in [2.24, 2.45) is 0 Å². The highest BCUT2D eigenvalue weighted by atomic mass is 32.2. The van der Waals surface area contributed by atoms with Crippen molar-refractivity contribution in [2.75, 3.05) is 24.6 Å². The molecular formula is C18H23N3O3S. The molecule has 134 valence electrons. The van der Waals surface area contributed by atoms with Crippen LogP contribution < -0.4 is 10.6 Å². The van der Waals surface area contributed by atoms with Crippen LogP contribution in [0.1, 0.15) is 24.8 Å². The van der Waals surface area contributed by atoms with Crippen molar-refractivity contribution in [3.05, 3.63) is 35.9 Å². The van der Waals surface area contributed by atoms with Crippen LogP contribution in [0.2, 0.25) is 0 Å². The van der Waals surface area contributed by atoms with Gasteiger partial charge >= 0.3 is 6.03 Å². The van der Waals surface area contributed by atoms with Crippen LogP contribution in [0.15, 0.2) is 30.3 Å². The van der Waals surface area contributed by atoms with E-state index >= 15 is 0 Å². The molecule has 3 rings (SSSR count). The summed E-state index contributed by atoms with van der Waals surface area (Å²) >= 11 is 1.65. The summed E-state index contributed by atoms with van der Waals surface area (Å²) in [6.45, 7) is 0.353. The molecule has 7 heteroatoms. The van der Waals surface area contributed by atoms with E-state index in [0.717, 1.165) is 29.9 Å². The Balaban J connectivity index is 1.38. The van der Waals surface area contributed by atoms with Crippen molar-refractivity contribution in [1.29, 1.82) is 0 Å². The molecule has 0 aliphatic carbocycles. The second-order valence-corrected chi connectivity index (χ2v) is 7.60. The van der Waals surface area contributed by atoms with Crippen LogP contribution >= 0.6 is 11.8 Å². The molecule has 6 nitrogen and oxygen atoms in total. The normalized spacial score (nSPS) is 22.5. The first-order valence-electron chi connectivity index (χ1n) is 8.63. The van der Waals surface area contributed by atoms with Gasteiger partial charge in [-0.3, -0.25) is 14.5 Å². The number of imide groups is 1. The van der Waals surface area contributed by atoms with Gasteiger partial charge in [-0.05, 0) is 37.0 Å². The molecule has 2 aliphatic rings. The molecule has 0 bridgehead atoms. The number of nitrogens with zero attached hydrogens (tertiary/aromatic N) is 1. The quantitative estimate of drug-likeness (QED) is 0.571. The number of carbonyl (C=O) groups is 3. The Morgan fingerprint density at radius 3 is 2.76 bits per heavy atom. The van der Waals surface area contributed by atoms with Gasteiger partial charge in [-0.1, -0.05) is 30.3 Å². The van der Waals surface area contributed by atoms with E-state index in [0.29, 0.717) is 18.7 Å². The lowest BCUT2D eigenvalue weighted by atomic mass is 9.99.